The zero-order valence-corrected chi connectivity index (χ0v) is 40.0. The van der Waals surface area contributed by atoms with Crippen LogP contribution in [0.4, 0.5) is 17.1 Å². The van der Waals surface area contributed by atoms with Gasteiger partial charge in [-0.25, -0.2) is 0 Å². The third-order valence-electron chi connectivity index (χ3n) is 15.7. The lowest BCUT2D eigenvalue weighted by molar-refractivity contribution is 0.793. The Morgan fingerprint density at radius 2 is 0.740 bits per heavy atom. The molecule has 0 aliphatic heterocycles. The molecule has 15 rings (SSSR count). The summed E-state index contributed by atoms with van der Waals surface area (Å²) in [5.74, 6) is 0. The second-order valence-electron chi connectivity index (χ2n) is 19.6. The molecule has 12 aromatic carbocycles. The molecule has 0 saturated heterocycles. The maximum absolute atomic E-state index is 2.50. The molecule has 73 heavy (non-hydrogen) atoms. The maximum Gasteiger partial charge on any atom is 0.0726 e. The molecule has 13 aromatic rings. The van der Waals surface area contributed by atoms with Crippen LogP contribution >= 0.6 is 0 Å². The number of benzene rings is 12. The summed E-state index contributed by atoms with van der Waals surface area (Å²) in [5.41, 5.74) is 24.1. The molecule has 0 N–H and O–H groups in total. The van der Waals surface area contributed by atoms with Gasteiger partial charge >= 0.3 is 0 Å². The quantitative estimate of drug-likeness (QED) is 0.155. The average molecular weight is 927 g/mol. The first-order valence-electron chi connectivity index (χ1n) is 25.3. The molecular formula is C71H46N2. The molecule has 1 aromatic heterocycles. The fourth-order valence-corrected chi connectivity index (χ4v) is 12.6. The lowest BCUT2D eigenvalue weighted by Gasteiger charge is -2.32. The molecule has 2 aliphatic carbocycles. The fraction of sp³-hybridized carbons (Fsp3) is 0.0141. The van der Waals surface area contributed by atoms with Gasteiger partial charge in [0.25, 0.3) is 0 Å². The summed E-state index contributed by atoms with van der Waals surface area (Å²) in [6, 6.07) is 103. The number of fused-ring (bicyclic) bond motifs is 14. The van der Waals surface area contributed by atoms with E-state index in [2.05, 4.69) is 289 Å². The highest BCUT2D eigenvalue weighted by Gasteiger charge is 2.51. The van der Waals surface area contributed by atoms with Crippen LogP contribution in [0.5, 0.6) is 0 Å². The van der Waals surface area contributed by atoms with E-state index in [1.165, 1.54) is 105 Å². The van der Waals surface area contributed by atoms with E-state index < -0.39 is 5.41 Å². The molecule has 0 saturated carbocycles. The van der Waals surface area contributed by atoms with Crippen LogP contribution in [0.15, 0.2) is 279 Å². The Labute approximate surface area is 425 Å². The fourth-order valence-electron chi connectivity index (χ4n) is 12.6. The third kappa shape index (κ3) is 6.30. The summed E-state index contributed by atoms with van der Waals surface area (Å²) < 4.78 is 2.38. The maximum atomic E-state index is 2.50. The number of aromatic nitrogens is 1. The first kappa shape index (κ1) is 41.3. The van der Waals surface area contributed by atoms with Crippen molar-refractivity contribution >= 4 is 49.6 Å². The topological polar surface area (TPSA) is 8.17 Å². The Kier molecular flexibility index (Phi) is 9.21. The summed E-state index contributed by atoms with van der Waals surface area (Å²) in [4.78, 5) is 2.47. The molecular weight excluding hydrogens is 881 g/mol. The van der Waals surface area contributed by atoms with Gasteiger partial charge in [-0.05, 0) is 168 Å². The van der Waals surface area contributed by atoms with Crippen LogP contribution in [0.25, 0.3) is 93.9 Å². The van der Waals surface area contributed by atoms with Gasteiger partial charge in [0, 0.05) is 33.5 Å². The highest BCUT2D eigenvalue weighted by Crippen LogP contribution is 2.63. The summed E-state index contributed by atoms with van der Waals surface area (Å²) >= 11 is 0. The number of nitrogens with zero attached hydrogens (tertiary/aromatic N) is 2. The number of para-hydroxylation sites is 2. The normalized spacial score (nSPS) is 12.8. The first-order chi connectivity index (χ1) is 36.2. The van der Waals surface area contributed by atoms with Crippen molar-refractivity contribution in [1.29, 1.82) is 0 Å². The standard InChI is InChI=1S/C71H46N2/c1-3-17-47(18-4-1)51-33-34-53-44-57(37-35-52(53)42-51)72(58-38-39-62-61-27-9-13-31-67(61)71(68(62)46-58)65-29-11-7-25-59(65)60-26-8-12-30-66(60)71)56-24-16-21-50(43-56)48-19-15-20-49(41-48)54-36-40-70-64(45-54)63-28-10-14-32-69(63)73(70)55-22-5-2-6-23-55/h1-46H. The Bertz CT molecular complexity index is 4270. The minimum atomic E-state index is -0.459. The van der Waals surface area contributed by atoms with Crippen molar-refractivity contribution in [3.05, 3.63) is 301 Å². The van der Waals surface area contributed by atoms with Crippen molar-refractivity contribution in [3.63, 3.8) is 0 Å². The highest BCUT2D eigenvalue weighted by molar-refractivity contribution is 6.10. The Morgan fingerprint density at radius 1 is 0.260 bits per heavy atom. The van der Waals surface area contributed by atoms with Crippen molar-refractivity contribution in [3.8, 4) is 61.3 Å². The van der Waals surface area contributed by atoms with E-state index in [0.29, 0.717) is 0 Å². The number of hydrogen-bond donors (Lipinski definition) is 0. The minimum absolute atomic E-state index is 0.459. The Balaban J connectivity index is 0.887. The molecule has 0 unspecified atom stereocenters. The van der Waals surface area contributed by atoms with Gasteiger partial charge < -0.3 is 9.47 Å². The Hall–Kier alpha value is -9.50. The second-order valence-corrected chi connectivity index (χ2v) is 19.6. The van der Waals surface area contributed by atoms with Gasteiger partial charge in [-0.2, -0.15) is 0 Å². The van der Waals surface area contributed by atoms with Crippen molar-refractivity contribution in [2.45, 2.75) is 5.41 Å². The van der Waals surface area contributed by atoms with Crippen LogP contribution in [-0.2, 0) is 5.41 Å². The van der Waals surface area contributed by atoms with Crippen molar-refractivity contribution in [2.24, 2.45) is 0 Å². The van der Waals surface area contributed by atoms with Crippen LogP contribution in [0.1, 0.15) is 22.3 Å². The van der Waals surface area contributed by atoms with Crippen LogP contribution in [0.2, 0.25) is 0 Å². The molecule has 0 amide bonds. The van der Waals surface area contributed by atoms with Gasteiger partial charge in [-0.1, -0.05) is 200 Å². The number of hydrogen-bond acceptors (Lipinski definition) is 1. The second kappa shape index (κ2) is 16.3. The van der Waals surface area contributed by atoms with Gasteiger partial charge in [0.05, 0.1) is 16.4 Å². The van der Waals surface area contributed by atoms with Crippen LogP contribution in [-0.4, -0.2) is 4.57 Å². The molecule has 1 spiro atoms. The monoisotopic (exact) mass is 926 g/mol. The summed E-state index contributed by atoms with van der Waals surface area (Å²) in [6.45, 7) is 0. The molecule has 340 valence electrons. The SMILES string of the molecule is c1ccc(-c2ccc3cc(N(c4cccc(-c5cccc(-c6ccc7c(c6)c6ccccc6n7-c6ccccc6)c5)c4)c4ccc5c(c4)C4(c6ccccc6-c6ccccc64)c4ccccc4-5)ccc3c2)cc1. The average Bonchev–Trinajstić information content (AvgIpc) is 4.16. The van der Waals surface area contributed by atoms with Gasteiger partial charge in [0.1, 0.15) is 0 Å². The third-order valence-corrected chi connectivity index (χ3v) is 15.7. The van der Waals surface area contributed by atoms with Crippen LogP contribution in [0, 0.1) is 0 Å². The first-order valence-corrected chi connectivity index (χ1v) is 25.3. The van der Waals surface area contributed by atoms with E-state index in [9.17, 15) is 0 Å². The molecule has 2 nitrogen and oxygen atoms in total. The van der Waals surface area contributed by atoms with Gasteiger partial charge in [-0.15, -0.1) is 0 Å². The summed E-state index contributed by atoms with van der Waals surface area (Å²) in [6.07, 6.45) is 0. The minimum Gasteiger partial charge on any atom is -0.310 e. The molecule has 0 bridgehead atoms. The van der Waals surface area contributed by atoms with Gasteiger partial charge in [-0.3, -0.25) is 0 Å². The lowest BCUT2D eigenvalue weighted by Crippen LogP contribution is -2.26. The predicted molar refractivity (Wildman–Crippen MR) is 306 cm³/mol. The molecule has 2 heteroatoms. The highest BCUT2D eigenvalue weighted by atomic mass is 15.1. The Morgan fingerprint density at radius 3 is 1.47 bits per heavy atom. The van der Waals surface area contributed by atoms with E-state index in [4.69, 9.17) is 0 Å². The molecule has 0 fully saturated rings. The number of rotatable bonds is 7. The van der Waals surface area contributed by atoms with E-state index in [1.807, 2.05) is 0 Å². The van der Waals surface area contributed by atoms with Crippen molar-refractivity contribution < 1.29 is 0 Å². The van der Waals surface area contributed by atoms with Gasteiger partial charge in [0.2, 0.25) is 0 Å². The summed E-state index contributed by atoms with van der Waals surface area (Å²) in [5, 5.41) is 4.90. The molecule has 0 radical (unpaired) electrons. The van der Waals surface area contributed by atoms with E-state index in [0.717, 1.165) is 28.3 Å². The summed E-state index contributed by atoms with van der Waals surface area (Å²) in [7, 11) is 0. The zero-order chi connectivity index (χ0) is 48.0. The smallest absolute Gasteiger partial charge is 0.0726 e. The zero-order valence-electron chi connectivity index (χ0n) is 40.0. The lowest BCUT2D eigenvalue weighted by atomic mass is 9.70. The van der Waals surface area contributed by atoms with Crippen molar-refractivity contribution in [1.82, 2.24) is 4.57 Å². The predicted octanol–water partition coefficient (Wildman–Crippen LogP) is 18.8. The molecule has 1 heterocycles. The number of anilines is 3. The van der Waals surface area contributed by atoms with Crippen LogP contribution < -0.4 is 4.90 Å². The molecule has 0 atom stereocenters. The van der Waals surface area contributed by atoms with Crippen molar-refractivity contribution in [2.75, 3.05) is 4.90 Å². The van der Waals surface area contributed by atoms with E-state index >= 15 is 0 Å². The molecule has 2 aliphatic rings. The van der Waals surface area contributed by atoms with E-state index in [1.54, 1.807) is 0 Å². The van der Waals surface area contributed by atoms with Crippen LogP contribution in [0.3, 0.4) is 0 Å². The van der Waals surface area contributed by atoms with E-state index in [-0.39, 0.29) is 0 Å². The largest absolute Gasteiger partial charge is 0.310 e. The van der Waals surface area contributed by atoms with Gasteiger partial charge in [0.15, 0.2) is 0 Å².